The van der Waals surface area contributed by atoms with Crippen LogP contribution in [0.25, 0.3) is 33.4 Å². The molecule has 2 aromatic heterocycles. The van der Waals surface area contributed by atoms with Gasteiger partial charge in [-0.25, -0.2) is 9.59 Å². The first-order valence-corrected chi connectivity index (χ1v) is 11.8. The number of aryl methyl sites for hydroxylation is 4. The van der Waals surface area contributed by atoms with Gasteiger partial charge in [0.2, 0.25) is 0 Å². The predicted molar refractivity (Wildman–Crippen MR) is 134 cm³/mol. The molecule has 0 aliphatic rings. The summed E-state index contributed by atoms with van der Waals surface area (Å²) in [6, 6.07) is 14.4. The molecule has 0 atom stereocenters. The van der Waals surface area contributed by atoms with Crippen molar-refractivity contribution in [3.63, 3.8) is 0 Å². The second-order valence-electron chi connectivity index (χ2n) is 8.49. The fourth-order valence-electron chi connectivity index (χ4n) is 4.42. The highest BCUT2D eigenvalue weighted by Gasteiger charge is 2.17. The van der Waals surface area contributed by atoms with Gasteiger partial charge >= 0.3 is 11.8 Å². The van der Waals surface area contributed by atoms with E-state index >= 15 is 0 Å². The summed E-state index contributed by atoms with van der Waals surface area (Å²) in [7, 11) is 0. The monoisotopic (exact) mass is 461 g/mol. The van der Waals surface area contributed by atoms with Gasteiger partial charge in [0.1, 0.15) is 5.69 Å². The lowest BCUT2D eigenvalue weighted by Crippen LogP contribution is -2.23. The summed E-state index contributed by atoms with van der Waals surface area (Å²) < 4.78 is 5.54. The molecule has 0 aliphatic heterocycles. The van der Waals surface area contributed by atoms with Crippen LogP contribution in [-0.2, 0) is 19.6 Å². The molecule has 0 radical (unpaired) electrons. The zero-order valence-electron chi connectivity index (χ0n) is 19.9. The molecule has 4 aromatic rings. The molecule has 178 valence electrons. The highest BCUT2D eigenvalue weighted by molar-refractivity contribution is 5.87. The van der Waals surface area contributed by atoms with E-state index in [2.05, 4.69) is 43.4 Å². The molecule has 0 fully saturated rings. The van der Waals surface area contributed by atoms with Gasteiger partial charge in [-0.15, -0.1) is 0 Å². The Kier molecular flexibility index (Phi) is 6.86. The molecule has 8 nitrogen and oxygen atoms in total. The summed E-state index contributed by atoms with van der Waals surface area (Å²) in [6.07, 6.45) is 2.52. The molecule has 2 aromatic carbocycles. The second-order valence-corrected chi connectivity index (χ2v) is 8.49. The minimum Gasteiger partial charge on any atom is -0.465 e. The van der Waals surface area contributed by atoms with Crippen molar-refractivity contribution in [3.05, 3.63) is 64.7 Å². The smallest absolute Gasteiger partial charge is 0.404 e. The largest absolute Gasteiger partial charge is 0.465 e. The van der Waals surface area contributed by atoms with E-state index in [4.69, 9.17) is 10.2 Å². The minimum atomic E-state index is -1.02. The number of amides is 1. The highest BCUT2D eigenvalue weighted by Crippen LogP contribution is 2.33. The number of fused-ring (bicyclic) bond motifs is 1. The Morgan fingerprint density at radius 3 is 2.56 bits per heavy atom. The van der Waals surface area contributed by atoms with Crippen molar-refractivity contribution in [2.75, 3.05) is 6.54 Å². The molecular formula is C26H31N5O3. The van der Waals surface area contributed by atoms with Crippen molar-refractivity contribution >= 4 is 17.1 Å². The number of carbonyl (C=O) groups is 1. The average molecular weight is 462 g/mol. The predicted octanol–water partition coefficient (Wildman–Crippen LogP) is 4.73. The molecule has 8 heteroatoms. The molecule has 0 saturated carbocycles. The summed E-state index contributed by atoms with van der Waals surface area (Å²) in [4.78, 5) is 23.7. The second kappa shape index (κ2) is 9.99. The molecule has 0 aliphatic carbocycles. The van der Waals surface area contributed by atoms with Crippen LogP contribution in [0.3, 0.4) is 0 Å². The Balaban J connectivity index is 1.80. The number of rotatable bonds is 9. The SMILES string of the molecule is CCCn1c(=O)n(CC)c2cc(-c3cn(CCCNC(=O)O)nc3-c3cccc(C)c3)ccc21. The molecule has 2 N–H and O–H groups in total. The number of benzene rings is 2. The van der Waals surface area contributed by atoms with Crippen molar-refractivity contribution in [2.45, 2.75) is 53.2 Å². The van der Waals surface area contributed by atoms with Crippen LogP contribution in [0.5, 0.6) is 0 Å². The van der Waals surface area contributed by atoms with E-state index in [1.165, 1.54) is 0 Å². The van der Waals surface area contributed by atoms with Crippen LogP contribution in [0.1, 0.15) is 32.3 Å². The number of aromatic nitrogens is 4. The molecule has 0 bridgehead atoms. The molecule has 0 saturated heterocycles. The molecule has 2 heterocycles. The first-order chi connectivity index (χ1) is 16.4. The Hall–Kier alpha value is -3.81. The van der Waals surface area contributed by atoms with Gasteiger partial charge in [-0.05, 0) is 50.5 Å². The van der Waals surface area contributed by atoms with Gasteiger partial charge in [0, 0.05) is 43.5 Å². The number of nitrogens with zero attached hydrogens (tertiary/aromatic N) is 4. The Bertz CT molecular complexity index is 1380. The lowest BCUT2D eigenvalue weighted by Gasteiger charge is -2.06. The van der Waals surface area contributed by atoms with Crippen LogP contribution in [0, 0.1) is 6.92 Å². The van der Waals surface area contributed by atoms with Crippen molar-refractivity contribution in [2.24, 2.45) is 0 Å². The van der Waals surface area contributed by atoms with Gasteiger partial charge in [0.25, 0.3) is 0 Å². The maximum Gasteiger partial charge on any atom is 0.404 e. The number of imidazole rings is 1. The summed E-state index contributed by atoms with van der Waals surface area (Å²) in [5.74, 6) is 0. The Labute approximate surface area is 198 Å². The maximum atomic E-state index is 12.9. The van der Waals surface area contributed by atoms with Gasteiger partial charge in [-0.3, -0.25) is 13.8 Å². The Morgan fingerprint density at radius 2 is 1.85 bits per heavy atom. The third-order valence-electron chi connectivity index (χ3n) is 5.99. The lowest BCUT2D eigenvalue weighted by molar-refractivity contribution is 0.194. The topological polar surface area (TPSA) is 94.1 Å². The van der Waals surface area contributed by atoms with Gasteiger partial charge in [0.15, 0.2) is 0 Å². The van der Waals surface area contributed by atoms with Gasteiger partial charge in [-0.2, -0.15) is 5.10 Å². The quantitative estimate of drug-likeness (QED) is 0.352. The zero-order valence-corrected chi connectivity index (χ0v) is 19.9. The van der Waals surface area contributed by atoms with Crippen molar-refractivity contribution in [1.29, 1.82) is 0 Å². The third kappa shape index (κ3) is 4.62. The molecule has 4 rings (SSSR count). The van der Waals surface area contributed by atoms with Gasteiger partial charge < -0.3 is 10.4 Å². The summed E-state index contributed by atoms with van der Waals surface area (Å²) in [5, 5.41) is 16.1. The van der Waals surface area contributed by atoms with Gasteiger partial charge in [-0.1, -0.05) is 36.8 Å². The highest BCUT2D eigenvalue weighted by atomic mass is 16.4. The average Bonchev–Trinajstić information content (AvgIpc) is 3.35. The summed E-state index contributed by atoms with van der Waals surface area (Å²) in [5.41, 5.74) is 6.91. The van der Waals surface area contributed by atoms with Crippen molar-refractivity contribution < 1.29 is 9.90 Å². The van der Waals surface area contributed by atoms with Crippen LogP contribution in [0.4, 0.5) is 4.79 Å². The standard InChI is InChI=1S/C26H31N5O3/c1-4-13-31-22-11-10-19(16-23(22)30(5-2)26(31)34)21-17-29(14-7-12-27-25(32)33)28-24(21)20-9-6-8-18(3)15-20/h6,8-11,15-17,27H,4-5,7,12-14H2,1-3H3,(H,32,33). The van der Waals surface area contributed by atoms with E-state index in [0.29, 0.717) is 32.6 Å². The first-order valence-electron chi connectivity index (χ1n) is 11.8. The molecule has 1 amide bonds. The van der Waals surface area contributed by atoms with E-state index in [0.717, 1.165) is 45.4 Å². The molecular weight excluding hydrogens is 430 g/mol. The Morgan fingerprint density at radius 1 is 1.03 bits per heavy atom. The number of hydrogen-bond donors (Lipinski definition) is 2. The normalized spacial score (nSPS) is 11.3. The number of hydrogen-bond acceptors (Lipinski definition) is 3. The van der Waals surface area contributed by atoms with Crippen LogP contribution in [0.2, 0.25) is 0 Å². The summed E-state index contributed by atoms with van der Waals surface area (Å²) >= 11 is 0. The summed E-state index contributed by atoms with van der Waals surface area (Å²) in [6.45, 7) is 8.38. The van der Waals surface area contributed by atoms with Crippen molar-refractivity contribution in [1.82, 2.24) is 24.2 Å². The van der Waals surface area contributed by atoms with Crippen LogP contribution < -0.4 is 11.0 Å². The maximum absolute atomic E-state index is 12.9. The van der Waals surface area contributed by atoms with Crippen LogP contribution in [0.15, 0.2) is 53.5 Å². The lowest BCUT2D eigenvalue weighted by atomic mass is 10.0. The van der Waals surface area contributed by atoms with E-state index in [-0.39, 0.29) is 5.69 Å². The number of carboxylic acid groups (broad SMARTS) is 1. The molecule has 0 spiro atoms. The van der Waals surface area contributed by atoms with Crippen LogP contribution in [-0.4, -0.2) is 36.7 Å². The van der Waals surface area contributed by atoms with Gasteiger partial charge in [0.05, 0.1) is 11.0 Å². The van der Waals surface area contributed by atoms with E-state index in [9.17, 15) is 9.59 Å². The van der Waals surface area contributed by atoms with Crippen molar-refractivity contribution in [3.8, 4) is 22.4 Å². The van der Waals surface area contributed by atoms with E-state index in [1.54, 1.807) is 0 Å². The zero-order chi connectivity index (χ0) is 24.2. The fourth-order valence-corrected chi connectivity index (χ4v) is 4.42. The van der Waals surface area contributed by atoms with E-state index < -0.39 is 6.09 Å². The molecule has 0 unspecified atom stereocenters. The van der Waals surface area contributed by atoms with Crippen LogP contribution >= 0.6 is 0 Å². The fraction of sp³-hybridized carbons (Fsp3) is 0.346. The third-order valence-corrected chi connectivity index (χ3v) is 5.99. The minimum absolute atomic E-state index is 0.0250. The first kappa shape index (κ1) is 23.4. The molecule has 34 heavy (non-hydrogen) atoms. The number of nitrogens with one attached hydrogen (secondary N) is 1. The van der Waals surface area contributed by atoms with E-state index in [1.807, 2.05) is 45.1 Å².